The maximum Gasteiger partial charge on any atom is 0.291 e. The fourth-order valence-corrected chi connectivity index (χ4v) is 1.42. The van der Waals surface area contributed by atoms with Crippen molar-refractivity contribution in [1.29, 1.82) is 0 Å². The number of carbonyl (C=O) groups is 1. The van der Waals surface area contributed by atoms with Crippen molar-refractivity contribution in [1.82, 2.24) is 25.5 Å². The summed E-state index contributed by atoms with van der Waals surface area (Å²) in [5.74, 6) is 0.466. The molecule has 88 valence electrons. The number of rotatable bonds is 3. The van der Waals surface area contributed by atoms with Gasteiger partial charge in [0.25, 0.3) is 5.91 Å². The van der Waals surface area contributed by atoms with Crippen molar-refractivity contribution >= 4 is 5.91 Å². The maximum atomic E-state index is 11.8. The lowest BCUT2D eigenvalue weighted by Gasteiger charge is -2.11. The summed E-state index contributed by atoms with van der Waals surface area (Å²) in [6, 6.07) is 3.60. The molecule has 17 heavy (non-hydrogen) atoms. The van der Waals surface area contributed by atoms with Gasteiger partial charge >= 0.3 is 0 Å². The van der Waals surface area contributed by atoms with E-state index >= 15 is 0 Å². The molecule has 2 N–H and O–H groups in total. The molecule has 1 unspecified atom stereocenters. The molecule has 0 bridgehead atoms. The van der Waals surface area contributed by atoms with E-state index in [1.165, 1.54) is 0 Å². The molecule has 1 atom stereocenters. The van der Waals surface area contributed by atoms with Gasteiger partial charge in [0.05, 0.1) is 6.04 Å². The fourth-order valence-electron chi connectivity index (χ4n) is 1.42. The zero-order valence-electron chi connectivity index (χ0n) is 9.64. The Balaban J connectivity index is 2.04. The summed E-state index contributed by atoms with van der Waals surface area (Å²) in [6.07, 6.45) is 3.41. The number of nitrogens with zero attached hydrogens (tertiary/aromatic N) is 3. The minimum absolute atomic E-state index is 0.130. The first-order valence-corrected chi connectivity index (χ1v) is 5.26. The molecule has 2 rings (SSSR count). The molecule has 0 aromatic carbocycles. The molecule has 0 aliphatic rings. The number of H-pyrrole nitrogens is 1. The summed E-state index contributed by atoms with van der Waals surface area (Å²) in [4.78, 5) is 19.7. The van der Waals surface area contributed by atoms with Crippen molar-refractivity contribution in [3.05, 3.63) is 41.7 Å². The number of aromatic amines is 1. The third-order valence-corrected chi connectivity index (χ3v) is 2.33. The number of nitrogens with one attached hydrogen (secondary N) is 2. The van der Waals surface area contributed by atoms with Gasteiger partial charge in [0.2, 0.25) is 5.82 Å². The molecule has 2 heterocycles. The van der Waals surface area contributed by atoms with Crippen molar-refractivity contribution in [2.45, 2.75) is 19.9 Å². The third kappa shape index (κ3) is 2.66. The molecule has 2 aromatic rings. The Hall–Kier alpha value is -2.24. The van der Waals surface area contributed by atoms with Crippen molar-refractivity contribution in [3.8, 4) is 0 Å². The summed E-state index contributed by atoms with van der Waals surface area (Å²) in [5.41, 5.74) is 0.938. The Labute approximate surface area is 98.5 Å². The van der Waals surface area contributed by atoms with E-state index in [0.29, 0.717) is 5.82 Å². The molecule has 0 spiro atoms. The summed E-state index contributed by atoms with van der Waals surface area (Å²) in [7, 11) is 0. The quantitative estimate of drug-likeness (QED) is 0.825. The summed E-state index contributed by atoms with van der Waals surface area (Å²) in [6.45, 7) is 3.63. The van der Waals surface area contributed by atoms with Crippen LogP contribution in [-0.4, -0.2) is 26.1 Å². The molecule has 6 heteroatoms. The minimum Gasteiger partial charge on any atom is -0.343 e. The van der Waals surface area contributed by atoms with Gasteiger partial charge in [0, 0.05) is 12.4 Å². The van der Waals surface area contributed by atoms with Crippen LogP contribution in [0.15, 0.2) is 24.5 Å². The Morgan fingerprint density at radius 1 is 1.53 bits per heavy atom. The Kier molecular flexibility index (Phi) is 3.13. The van der Waals surface area contributed by atoms with Crippen LogP contribution in [0.5, 0.6) is 0 Å². The van der Waals surface area contributed by atoms with E-state index in [0.717, 1.165) is 5.56 Å². The molecular formula is C11H13N5O. The van der Waals surface area contributed by atoms with Crippen LogP contribution in [0.25, 0.3) is 0 Å². The lowest BCUT2D eigenvalue weighted by atomic mass is 10.1. The van der Waals surface area contributed by atoms with Gasteiger partial charge in [-0.25, -0.2) is 4.98 Å². The lowest BCUT2D eigenvalue weighted by Crippen LogP contribution is -2.27. The summed E-state index contributed by atoms with van der Waals surface area (Å²) < 4.78 is 0. The number of hydrogen-bond donors (Lipinski definition) is 2. The van der Waals surface area contributed by atoms with Crippen molar-refractivity contribution in [2.24, 2.45) is 0 Å². The smallest absolute Gasteiger partial charge is 0.291 e. The normalized spacial score (nSPS) is 12.1. The third-order valence-electron chi connectivity index (χ3n) is 2.33. The van der Waals surface area contributed by atoms with E-state index in [9.17, 15) is 4.79 Å². The Morgan fingerprint density at radius 3 is 2.94 bits per heavy atom. The predicted octanol–water partition coefficient (Wildman–Crippen LogP) is 0.999. The SMILES string of the molecule is Cc1nc(C(=O)NC(C)c2cccnc2)n[nH]1. The average Bonchev–Trinajstić information content (AvgIpc) is 2.77. The van der Waals surface area contributed by atoms with E-state index in [1.54, 1.807) is 19.3 Å². The highest BCUT2D eigenvalue weighted by Gasteiger charge is 2.14. The second-order valence-corrected chi connectivity index (χ2v) is 3.73. The molecule has 0 saturated carbocycles. The number of carbonyl (C=O) groups excluding carboxylic acids is 1. The van der Waals surface area contributed by atoms with E-state index < -0.39 is 0 Å². The first kappa shape index (κ1) is 11.3. The topological polar surface area (TPSA) is 83.6 Å². The first-order chi connectivity index (χ1) is 8.16. The Bertz CT molecular complexity index is 508. The van der Waals surface area contributed by atoms with Crippen molar-refractivity contribution in [2.75, 3.05) is 0 Å². The number of pyridine rings is 1. The van der Waals surface area contributed by atoms with Gasteiger partial charge in [-0.1, -0.05) is 6.07 Å². The molecule has 0 aliphatic heterocycles. The van der Waals surface area contributed by atoms with Crippen LogP contribution < -0.4 is 5.32 Å². The van der Waals surface area contributed by atoms with E-state index in [-0.39, 0.29) is 17.8 Å². The monoisotopic (exact) mass is 231 g/mol. The number of aryl methyl sites for hydroxylation is 1. The molecule has 0 fully saturated rings. The molecule has 0 aliphatic carbocycles. The van der Waals surface area contributed by atoms with E-state index in [4.69, 9.17) is 0 Å². The van der Waals surface area contributed by atoms with Crippen LogP contribution in [0.3, 0.4) is 0 Å². The summed E-state index contributed by atoms with van der Waals surface area (Å²) >= 11 is 0. The first-order valence-electron chi connectivity index (χ1n) is 5.26. The standard InChI is InChI=1S/C11H13N5O/c1-7(9-4-3-5-12-6-9)13-11(17)10-14-8(2)15-16-10/h3-7H,1-2H3,(H,13,17)(H,14,15,16). The predicted molar refractivity (Wildman–Crippen MR) is 61.2 cm³/mol. The second-order valence-electron chi connectivity index (χ2n) is 3.73. The van der Waals surface area contributed by atoms with Crippen LogP contribution in [0, 0.1) is 6.92 Å². The van der Waals surface area contributed by atoms with Gasteiger partial charge in [0.15, 0.2) is 0 Å². The highest BCUT2D eigenvalue weighted by atomic mass is 16.2. The number of hydrogen-bond acceptors (Lipinski definition) is 4. The van der Waals surface area contributed by atoms with Crippen LogP contribution >= 0.6 is 0 Å². The van der Waals surface area contributed by atoms with Crippen molar-refractivity contribution < 1.29 is 4.79 Å². The van der Waals surface area contributed by atoms with Gasteiger partial charge in [-0.05, 0) is 25.5 Å². The minimum atomic E-state index is -0.300. The summed E-state index contributed by atoms with van der Waals surface area (Å²) in [5, 5.41) is 9.23. The molecule has 1 amide bonds. The van der Waals surface area contributed by atoms with Crippen LogP contribution in [-0.2, 0) is 0 Å². The molecule has 0 saturated heterocycles. The van der Waals surface area contributed by atoms with E-state index in [1.807, 2.05) is 19.1 Å². The van der Waals surface area contributed by atoms with Crippen molar-refractivity contribution in [3.63, 3.8) is 0 Å². The highest BCUT2D eigenvalue weighted by Crippen LogP contribution is 2.10. The average molecular weight is 231 g/mol. The highest BCUT2D eigenvalue weighted by molar-refractivity contribution is 5.90. The molecule has 2 aromatic heterocycles. The maximum absolute atomic E-state index is 11.8. The van der Waals surface area contributed by atoms with Gasteiger partial charge in [-0.3, -0.25) is 14.9 Å². The van der Waals surface area contributed by atoms with Gasteiger partial charge in [-0.2, -0.15) is 0 Å². The molecule has 6 nitrogen and oxygen atoms in total. The molecule has 0 radical (unpaired) electrons. The van der Waals surface area contributed by atoms with Crippen LogP contribution in [0.2, 0.25) is 0 Å². The Morgan fingerprint density at radius 2 is 2.35 bits per heavy atom. The number of amides is 1. The van der Waals surface area contributed by atoms with Gasteiger partial charge in [-0.15, -0.1) is 5.10 Å². The largest absolute Gasteiger partial charge is 0.343 e. The second kappa shape index (κ2) is 4.73. The molecular weight excluding hydrogens is 218 g/mol. The van der Waals surface area contributed by atoms with E-state index in [2.05, 4.69) is 25.5 Å². The zero-order chi connectivity index (χ0) is 12.3. The zero-order valence-corrected chi connectivity index (χ0v) is 9.64. The fraction of sp³-hybridized carbons (Fsp3) is 0.273. The van der Waals surface area contributed by atoms with Gasteiger partial charge in [0.1, 0.15) is 5.82 Å². The lowest BCUT2D eigenvalue weighted by molar-refractivity contribution is 0.0929. The van der Waals surface area contributed by atoms with Crippen LogP contribution in [0.4, 0.5) is 0 Å². The number of aromatic nitrogens is 4. The van der Waals surface area contributed by atoms with Gasteiger partial charge < -0.3 is 5.32 Å². The van der Waals surface area contributed by atoms with Crippen LogP contribution in [0.1, 0.15) is 35.0 Å².